The number of hydrogen-bond donors (Lipinski definition) is 1. The van der Waals surface area contributed by atoms with Crippen LogP contribution in [0.25, 0.3) is 0 Å². The molecule has 0 aliphatic rings. The summed E-state index contributed by atoms with van der Waals surface area (Å²) < 4.78 is 0. The third-order valence-electron chi connectivity index (χ3n) is 1.79. The van der Waals surface area contributed by atoms with E-state index < -0.39 is 0 Å². The number of para-hydroxylation sites is 1. The Morgan fingerprint density at radius 1 is 1.25 bits per heavy atom. The van der Waals surface area contributed by atoms with Gasteiger partial charge < -0.3 is 5.11 Å². The van der Waals surface area contributed by atoms with Crippen LogP contribution in [-0.4, -0.2) is 28.2 Å². The second-order valence-electron chi connectivity index (χ2n) is 2.73. The number of aromatic hydroxyl groups is 1. The Morgan fingerprint density at radius 2 is 1.92 bits per heavy atom. The van der Waals surface area contributed by atoms with Gasteiger partial charge in [0.2, 0.25) is 0 Å². The predicted octanol–water partition coefficient (Wildman–Crippen LogP) is 1.82. The molecule has 0 radical (unpaired) electrons. The first-order valence-corrected chi connectivity index (χ1v) is 4.11. The second kappa shape index (κ2) is 6.32. The summed E-state index contributed by atoms with van der Waals surface area (Å²) in [7, 11) is 0. The van der Waals surface area contributed by atoms with Crippen LogP contribution in [-0.2, 0) is 6.42 Å². The number of rotatable bonds is 3. The van der Waals surface area contributed by atoms with Crippen LogP contribution in [0.5, 0.6) is 5.75 Å². The third-order valence-corrected chi connectivity index (χ3v) is 1.79. The van der Waals surface area contributed by atoms with E-state index in [0.29, 0.717) is 5.75 Å². The maximum atomic E-state index is 9.34. The van der Waals surface area contributed by atoms with Crippen molar-refractivity contribution in [3.8, 4) is 5.75 Å². The Labute approximate surface area is 90.0 Å². The first kappa shape index (κ1) is 11.8. The lowest BCUT2D eigenvalue weighted by Crippen LogP contribution is -1.83. The molecular formula is C10H16MgO. The molecule has 0 saturated heterocycles. The van der Waals surface area contributed by atoms with E-state index in [-0.39, 0.29) is 23.1 Å². The largest absolute Gasteiger partial charge is 0.508 e. The number of benzene rings is 1. The molecule has 0 fully saturated rings. The van der Waals surface area contributed by atoms with Crippen molar-refractivity contribution in [3.63, 3.8) is 0 Å². The fourth-order valence-electron chi connectivity index (χ4n) is 1.09. The summed E-state index contributed by atoms with van der Waals surface area (Å²) in [5, 5.41) is 9.34. The van der Waals surface area contributed by atoms with Gasteiger partial charge in [-0.2, -0.15) is 0 Å². The second-order valence-corrected chi connectivity index (χ2v) is 2.73. The molecule has 0 aromatic heterocycles. The Hall–Kier alpha value is -0.214. The van der Waals surface area contributed by atoms with Gasteiger partial charge in [0, 0.05) is 0 Å². The van der Waals surface area contributed by atoms with Crippen molar-refractivity contribution in [2.45, 2.75) is 26.2 Å². The highest BCUT2D eigenvalue weighted by molar-refractivity contribution is 5.75. The van der Waals surface area contributed by atoms with Crippen molar-refractivity contribution in [1.29, 1.82) is 0 Å². The van der Waals surface area contributed by atoms with Gasteiger partial charge in [0.1, 0.15) is 5.75 Å². The molecular weight excluding hydrogens is 160 g/mol. The third kappa shape index (κ3) is 3.46. The highest BCUT2D eigenvalue weighted by atomic mass is 24.3. The van der Waals surface area contributed by atoms with Crippen LogP contribution in [0, 0.1) is 0 Å². The van der Waals surface area contributed by atoms with E-state index in [9.17, 15) is 5.11 Å². The molecule has 1 rings (SSSR count). The summed E-state index contributed by atoms with van der Waals surface area (Å²) >= 11 is 0. The maximum Gasteiger partial charge on any atom is 0.316 e. The highest BCUT2D eigenvalue weighted by Crippen LogP contribution is 2.17. The van der Waals surface area contributed by atoms with Crippen LogP contribution in [0.3, 0.4) is 0 Å². The van der Waals surface area contributed by atoms with E-state index in [1.165, 1.54) is 6.42 Å². The quantitative estimate of drug-likeness (QED) is 0.697. The van der Waals surface area contributed by atoms with Crippen molar-refractivity contribution in [3.05, 3.63) is 29.8 Å². The summed E-state index contributed by atoms with van der Waals surface area (Å²) in [5.41, 5.74) is 1.06. The molecule has 0 heterocycles. The molecule has 12 heavy (non-hydrogen) atoms. The van der Waals surface area contributed by atoms with Crippen molar-refractivity contribution >= 4 is 23.1 Å². The van der Waals surface area contributed by atoms with Crippen LogP contribution in [0.4, 0.5) is 0 Å². The minimum atomic E-state index is 0. The predicted molar refractivity (Wildman–Crippen MR) is 55.3 cm³/mol. The van der Waals surface area contributed by atoms with Gasteiger partial charge in [0.15, 0.2) is 0 Å². The molecule has 1 aromatic rings. The molecule has 1 aromatic carbocycles. The van der Waals surface area contributed by atoms with Gasteiger partial charge in [0.05, 0.1) is 0 Å². The van der Waals surface area contributed by atoms with E-state index in [0.717, 1.165) is 18.4 Å². The molecule has 0 aliphatic carbocycles. The Bertz CT molecular complexity index is 223. The summed E-state index contributed by atoms with van der Waals surface area (Å²) in [4.78, 5) is 0. The minimum absolute atomic E-state index is 0. The number of unbranched alkanes of at least 4 members (excludes halogenated alkanes) is 1. The zero-order valence-electron chi connectivity index (χ0n) is 6.88. The Kier molecular flexibility index (Phi) is 6.21. The number of aryl methyl sites for hydroxylation is 1. The van der Waals surface area contributed by atoms with Crippen molar-refractivity contribution in [2.75, 3.05) is 0 Å². The van der Waals surface area contributed by atoms with Gasteiger partial charge in [-0.15, -0.1) is 0 Å². The summed E-state index contributed by atoms with van der Waals surface area (Å²) in [6.45, 7) is 2.15. The van der Waals surface area contributed by atoms with Gasteiger partial charge in [-0.3, -0.25) is 0 Å². The Balaban J connectivity index is 0.00000121. The lowest BCUT2D eigenvalue weighted by Gasteiger charge is -2.01. The van der Waals surface area contributed by atoms with Crippen LogP contribution >= 0.6 is 0 Å². The van der Waals surface area contributed by atoms with Gasteiger partial charge in [0.25, 0.3) is 0 Å². The fourth-order valence-corrected chi connectivity index (χ4v) is 1.09. The van der Waals surface area contributed by atoms with Crippen LogP contribution in [0.15, 0.2) is 24.3 Å². The number of hydrogen-bond acceptors (Lipinski definition) is 1. The van der Waals surface area contributed by atoms with E-state index in [1.807, 2.05) is 18.2 Å². The fraction of sp³-hybridized carbons (Fsp3) is 0.400. The van der Waals surface area contributed by atoms with Crippen LogP contribution < -0.4 is 0 Å². The topological polar surface area (TPSA) is 20.2 Å². The SMILES string of the molecule is CCCCc1ccccc1O.[MgH2]. The molecule has 1 N–H and O–H groups in total. The molecule has 0 bridgehead atoms. The number of phenols is 1. The monoisotopic (exact) mass is 176 g/mol. The standard InChI is InChI=1S/C10H14O.Mg.2H/c1-2-3-6-9-7-4-5-8-10(9)11;;;/h4-5,7-8,11H,2-3,6H2,1H3;;;. The minimum Gasteiger partial charge on any atom is -0.508 e. The average Bonchev–Trinajstić information content (AvgIpc) is 2.03. The average molecular weight is 177 g/mol. The van der Waals surface area contributed by atoms with Gasteiger partial charge in [-0.1, -0.05) is 31.5 Å². The molecule has 0 atom stereocenters. The number of phenolic OH excluding ortho intramolecular Hbond substituents is 1. The highest BCUT2D eigenvalue weighted by Gasteiger charge is 1.96. The molecule has 0 aliphatic heterocycles. The molecule has 1 nitrogen and oxygen atoms in total. The zero-order valence-corrected chi connectivity index (χ0v) is 6.88. The maximum absolute atomic E-state index is 9.34. The first-order chi connectivity index (χ1) is 5.34. The van der Waals surface area contributed by atoms with Crippen LogP contribution in [0.1, 0.15) is 25.3 Å². The normalized spacial score (nSPS) is 9.08. The van der Waals surface area contributed by atoms with E-state index in [2.05, 4.69) is 6.92 Å². The van der Waals surface area contributed by atoms with Crippen molar-refractivity contribution < 1.29 is 5.11 Å². The van der Waals surface area contributed by atoms with Gasteiger partial charge >= 0.3 is 23.1 Å². The smallest absolute Gasteiger partial charge is 0.316 e. The van der Waals surface area contributed by atoms with E-state index in [1.54, 1.807) is 6.07 Å². The zero-order chi connectivity index (χ0) is 8.10. The molecule has 64 valence electrons. The van der Waals surface area contributed by atoms with Crippen LogP contribution in [0.2, 0.25) is 0 Å². The van der Waals surface area contributed by atoms with Gasteiger partial charge in [-0.25, -0.2) is 0 Å². The lowest BCUT2D eigenvalue weighted by molar-refractivity contribution is 0.467. The molecule has 0 spiro atoms. The summed E-state index contributed by atoms with van der Waals surface area (Å²) in [6.07, 6.45) is 3.31. The van der Waals surface area contributed by atoms with Crippen molar-refractivity contribution in [2.24, 2.45) is 0 Å². The van der Waals surface area contributed by atoms with Gasteiger partial charge in [-0.05, 0) is 24.5 Å². The molecule has 0 unspecified atom stereocenters. The lowest BCUT2D eigenvalue weighted by atomic mass is 10.1. The van der Waals surface area contributed by atoms with Crippen molar-refractivity contribution in [1.82, 2.24) is 0 Å². The molecule has 2 heteroatoms. The first-order valence-electron chi connectivity index (χ1n) is 4.11. The summed E-state index contributed by atoms with van der Waals surface area (Å²) in [6, 6.07) is 7.53. The Morgan fingerprint density at radius 3 is 2.50 bits per heavy atom. The van der Waals surface area contributed by atoms with E-state index in [4.69, 9.17) is 0 Å². The summed E-state index contributed by atoms with van der Waals surface area (Å²) in [5.74, 6) is 0.431. The molecule has 0 amide bonds. The molecule has 0 saturated carbocycles. The van der Waals surface area contributed by atoms with E-state index >= 15 is 0 Å².